The van der Waals surface area contributed by atoms with E-state index in [9.17, 15) is 4.79 Å². The predicted octanol–water partition coefficient (Wildman–Crippen LogP) is 2.84. The van der Waals surface area contributed by atoms with Crippen LogP contribution in [0.3, 0.4) is 0 Å². The van der Waals surface area contributed by atoms with E-state index in [-0.39, 0.29) is 5.97 Å². The van der Waals surface area contributed by atoms with E-state index < -0.39 is 0 Å². The lowest BCUT2D eigenvalue weighted by atomic mass is 10.1. The minimum Gasteiger partial charge on any atom is -0.465 e. The molecular formula is C14H20N2O2S. The molecule has 5 heteroatoms. The molecule has 0 spiro atoms. The van der Waals surface area contributed by atoms with Gasteiger partial charge in [0.25, 0.3) is 0 Å². The Morgan fingerprint density at radius 1 is 1.42 bits per heavy atom. The van der Waals surface area contributed by atoms with E-state index in [0.717, 1.165) is 19.0 Å². The summed E-state index contributed by atoms with van der Waals surface area (Å²) < 4.78 is 4.84. The third kappa shape index (κ3) is 2.20. The van der Waals surface area contributed by atoms with Gasteiger partial charge in [-0.3, -0.25) is 0 Å². The van der Waals surface area contributed by atoms with Crippen molar-refractivity contribution in [3.8, 4) is 0 Å². The highest BCUT2D eigenvalue weighted by molar-refractivity contribution is 7.18. The van der Waals surface area contributed by atoms with Crippen molar-refractivity contribution in [3.63, 3.8) is 0 Å². The number of esters is 1. The molecule has 1 unspecified atom stereocenters. The van der Waals surface area contributed by atoms with E-state index in [1.807, 2.05) is 0 Å². The van der Waals surface area contributed by atoms with Crippen molar-refractivity contribution >= 4 is 28.0 Å². The molecule has 2 heterocycles. The molecule has 2 aliphatic rings. The largest absolute Gasteiger partial charge is 0.465 e. The molecule has 1 aliphatic carbocycles. The Morgan fingerprint density at radius 2 is 2.16 bits per heavy atom. The van der Waals surface area contributed by atoms with Gasteiger partial charge < -0.3 is 15.4 Å². The average molecular weight is 280 g/mol. The number of rotatable bonds is 3. The summed E-state index contributed by atoms with van der Waals surface area (Å²) in [5.41, 5.74) is 8.08. The zero-order valence-corrected chi connectivity index (χ0v) is 12.3. The van der Waals surface area contributed by atoms with Gasteiger partial charge in [-0.1, -0.05) is 6.92 Å². The average Bonchev–Trinajstić information content (AvgIpc) is 3.05. The highest BCUT2D eigenvalue weighted by Crippen LogP contribution is 2.52. The number of anilines is 2. The Balaban J connectivity index is 2.00. The minimum atomic E-state index is -0.303. The molecule has 0 amide bonds. The second kappa shape index (κ2) is 4.71. The summed E-state index contributed by atoms with van der Waals surface area (Å²) in [5, 5.41) is 1.21. The van der Waals surface area contributed by atoms with E-state index >= 15 is 0 Å². The van der Waals surface area contributed by atoms with E-state index in [0.29, 0.717) is 16.5 Å². The van der Waals surface area contributed by atoms with Gasteiger partial charge in [-0.25, -0.2) is 4.79 Å². The first-order valence-electron chi connectivity index (χ1n) is 6.87. The van der Waals surface area contributed by atoms with Crippen molar-refractivity contribution in [2.75, 3.05) is 30.8 Å². The smallest absolute Gasteiger partial charge is 0.350 e. The maximum Gasteiger partial charge on any atom is 0.350 e. The first kappa shape index (κ1) is 12.8. The van der Waals surface area contributed by atoms with Crippen molar-refractivity contribution < 1.29 is 9.53 Å². The van der Waals surface area contributed by atoms with Crippen LogP contribution in [0.25, 0.3) is 0 Å². The quantitative estimate of drug-likeness (QED) is 0.865. The minimum absolute atomic E-state index is 0.303. The van der Waals surface area contributed by atoms with Crippen molar-refractivity contribution in [3.05, 3.63) is 10.4 Å². The van der Waals surface area contributed by atoms with Gasteiger partial charge in [-0.15, -0.1) is 11.3 Å². The van der Waals surface area contributed by atoms with E-state index in [1.165, 1.54) is 48.3 Å². The number of nitrogen functional groups attached to an aromatic ring is 1. The first-order chi connectivity index (χ1) is 9.11. The summed E-state index contributed by atoms with van der Waals surface area (Å²) in [6.45, 7) is 4.41. The number of ether oxygens (including phenoxy) is 1. The summed E-state index contributed by atoms with van der Waals surface area (Å²) in [7, 11) is 1.41. The number of carbonyl (C=O) groups excluding carboxylic acids is 1. The summed E-state index contributed by atoms with van der Waals surface area (Å²) >= 11 is 1.51. The van der Waals surface area contributed by atoms with Crippen LogP contribution in [0.4, 0.5) is 10.7 Å². The van der Waals surface area contributed by atoms with Crippen LogP contribution in [0.5, 0.6) is 0 Å². The lowest BCUT2D eigenvalue weighted by molar-refractivity contribution is 0.0607. The zero-order valence-electron chi connectivity index (χ0n) is 11.4. The van der Waals surface area contributed by atoms with Gasteiger partial charge in [0.1, 0.15) is 4.88 Å². The first-order valence-corrected chi connectivity index (χ1v) is 7.68. The van der Waals surface area contributed by atoms with E-state index in [1.54, 1.807) is 0 Å². The van der Waals surface area contributed by atoms with Crippen molar-refractivity contribution in [1.82, 2.24) is 0 Å². The van der Waals surface area contributed by atoms with Crippen LogP contribution in [0, 0.1) is 5.92 Å². The van der Waals surface area contributed by atoms with Crippen LogP contribution in [0.15, 0.2) is 0 Å². The molecule has 2 fully saturated rings. The molecule has 1 saturated heterocycles. The van der Waals surface area contributed by atoms with E-state index in [4.69, 9.17) is 10.5 Å². The number of hydrogen-bond donors (Lipinski definition) is 1. The van der Waals surface area contributed by atoms with Gasteiger partial charge in [0.15, 0.2) is 0 Å². The Hall–Kier alpha value is -1.23. The number of nitrogens with zero attached hydrogens (tertiary/aromatic N) is 1. The Morgan fingerprint density at radius 3 is 2.68 bits per heavy atom. The molecule has 1 aromatic heterocycles. The molecule has 19 heavy (non-hydrogen) atoms. The fraction of sp³-hybridized carbons (Fsp3) is 0.643. The zero-order chi connectivity index (χ0) is 13.6. The number of thiophene rings is 1. The van der Waals surface area contributed by atoms with Crippen LogP contribution < -0.4 is 10.6 Å². The molecule has 1 saturated carbocycles. The van der Waals surface area contributed by atoms with Gasteiger partial charge in [0, 0.05) is 18.7 Å². The maximum absolute atomic E-state index is 11.8. The topological polar surface area (TPSA) is 55.6 Å². The van der Waals surface area contributed by atoms with Crippen LogP contribution in [-0.2, 0) is 4.74 Å². The molecule has 0 bridgehead atoms. The summed E-state index contributed by atoms with van der Waals surface area (Å²) in [6.07, 6.45) is 3.60. The maximum atomic E-state index is 11.8. The standard InChI is InChI=1S/C14H20N2O2S/c1-8-5-6-16(7-8)13-10(9-3-4-9)11(15)12(19-13)14(17)18-2/h8-9H,3-7,15H2,1-2H3. The fourth-order valence-electron chi connectivity index (χ4n) is 2.81. The SMILES string of the molecule is COC(=O)c1sc(N2CCC(C)C2)c(C2CC2)c1N. The van der Waals surface area contributed by atoms with Gasteiger partial charge in [0.2, 0.25) is 0 Å². The molecule has 3 rings (SSSR count). The molecule has 104 valence electrons. The lowest BCUT2D eigenvalue weighted by Gasteiger charge is -2.18. The van der Waals surface area contributed by atoms with E-state index in [2.05, 4.69) is 11.8 Å². The second-order valence-electron chi connectivity index (χ2n) is 5.67. The lowest BCUT2D eigenvalue weighted by Crippen LogP contribution is -2.19. The van der Waals surface area contributed by atoms with Gasteiger partial charge >= 0.3 is 5.97 Å². The summed E-state index contributed by atoms with van der Waals surface area (Å²) in [5.74, 6) is 0.973. The number of nitrogens with two attached hydrogens (primary N) is 1. The van der Waals surface area contributed by atoms with Crippen molar-refractivity contribution in [2.45, 2.75) is 32.1 Å². The summed E-state index contributed by atoms with van der Waals surface area (Å²) in [6, 6.07) is 0. The van der Waals surface area contributed by atoms with Gasteiger partial charge in [-0.05, 0) is 31.1 Å². The Labute approximate surface area is 117 Å². The van der Waals surface area contributed by atoms with Crippen LogP contribution in [-0.4, -0.2) is 26.2 Å². The molecule has 1 aliphatic heterocycles. The highest BCUT2D eigenvalue weighted by Gasteiger charge is 2.36. The fourth-order valence-corrected chi connectivity index (χ4v) is 4.07. The molecular weight excluding hydrogens is 260 g/mol. The molecule has 2 N–H and O–H groups in total. The monoisotopic (exact) mass is 280 g/mol. The number of hydrogen-bond acceptors (Lipinski definition) is 5. The third-order valence-electron chi connectivity index (χ3n) is 4.03. The molecule has 4 nitrogen and oxygen atoms in total. The Kier molecular flexibility index (Phi) is 3.17. The normalized spacial score (nSPS) is 22.8. The highest BCUT2D eigenvalue weighted by atomic mass is 32.1. The van der Waals surface area contributed by atoms with Crippen molar-refractivity contribution in [1.29, 1.82) is 0 Å². The van der Waals surface area contributed by atoms with Gasteiger partial charge in [0.05, 0.1) is 17.8 Å². The van der Waals surface area contributed by atoms with Gasteiger partial charge in [-0.2, -0.15) is 0 Å². The van der Waals surface area contributed by atoms with Crippen LogP contribution >= 0.6 is 11.3 Å². The second-order valence-corrected chi connectivity index (χ2v) is 6.67. The Bertz CT molecular complexity index is 508. The molecule has 0 radical (unpaired) electrons. The molecule has 0 aromatic carbocycles. The third-order valence-corrected chi connectivity index (χ3v) is 5.29. The van der Waals surface area contributed by atoms with Crippen molar-refractivity contribution in [2.24, 2.45) is 5.92 Å². The molecule has 1 aromatic rings. The van der Waals surface area contributed by atoms with Crippen LogP contribution in [0.1, 0.15) is 47.3 Å². The predicted molar refractivity (Wildman–Crippen MR) is 78.0 cm³/mol. The summed E-state index contributed by atoms with van der Waals surface area (Å²) in [4.78, 5) is 14.8. The van der Waals surface area contributed by atoms with Crippen LogP contribution in [0.2, 0.25) is 0 Å². The molecule has 1 atom stereocenters. The number of carbonyl (C=O) groups is 1. The number of methoxy groups -OCH3 is 1.